The van der Waals surface area contributed by atoms with Gasteiger partial charge in [0, 0.05) is 17.3 Å². The molecule has 86 valence electrons. The third-order valence-corrected chi connectivity index (χ3v) is 3.21. The molecule has 2 aromatic rings. The smallest absolute Gasteiger partial charge is 0.152 e. The largest absolute Gasteiger partial charge is 0.298 e. The van der Waals surface area contributed by atoms with Crippen LogP contribution in [-0.2, 0) is 0 Å². The number of pyridine rings is 1. The van der Waals surface area contributed by atoms with Crippen LogP contribution in [0.2, 0.25) is 10.0 Å². The van der Waals surface area contributed by atoms with E-state index in [1.54, 1.807) is 30.5 Å². The second-order valence-corrected chi connectivity index (χ2v) is 4.45. The van der Waals surface area contributed by atoms with Crippen LogP contribution in [0.25, 0.3) is 11.3 Å². The van der Waals surface area contributed by atoms with Crippen LogP contribution in [0.15, 0.2) is 30.5 Å². The maximum Gasteiger partial charge on any atom is 0.152 e. The van der Waals surface area contributed by atoms with Gasteiger partial charge in [-0.1, -0.05) is 35.3 Å². The van der Waals surface area contributed by atoms with Crippen LogP contribution < -0.4 is 0 Å². The van der Waals surface area contributed by atoms with Crippen LogP contribution in [0.4, 0.5) is 0 Å². The molecule has 2 nitrogen and oxygen atoms in total. The Balaban J connectivity index is 2.68. The molecular formula is C13H9Cl2NO. The second kappa shape index (κ2) is 4.86. The standard InChI is InChI=1S/C13H9Cl2NO/c1-8-5-9(7-17)13(16-6-8)10-3-2-4-11(14)12(10)15/h2-7H,1H3. The van der Waals surface area contributed by atoms with Crippen LogP contribution >= 0.6 is 23.2 Å². The fourth-order valence-corrected chi connectivity index (χ4v) is 1.98. The van der Waals surface area contributed by atoms with Crippen LogP contribution in [0.3, 0.4) is 0 Å². The van der Waals surface area contributed by atoms with Crippen molar-refractivity contribution in [3.05, 3.63) is 51.6 Å². The van der Waals surface area contributed by atoms with Crippen molar-refractivity contribution in [2.45, 2.75) is 6.92 Å². The first-order chi connectivity index (χ1) is 8.13. The molecule has 0 bridgehead atoms. The van der Waals surface area contributed by atoms with Crippen LogP contribution in [0.1, 0.15) is 15.9 Å². The van der Waals surface area contributed by atoms with Crippen molar-refractivity contribution in [2.24, 2.45) is 0 Å². The summed E-state index contributed by atoms with van der Waals surface area (Å²) in [7, 11) is 0. The average Bonchev–Trinajstić information content (AvgIpc) is 2.33. The van der Waals surface area contributed by atoms with Gasteiger partial charge in [-0.25, -0.2) is 0 Å². The van der Waals surface area contributed by atoms with E-state index in [1.165, 1.54) is 0 Å². The highest BCUT2D eigenvalue weighted by Crippen LogP contribution is 2.33. The highest BCUT2D eigenvalue weighted by Gasteiger charge is 2.12. The number of rotatable bonds is 2. The molecule has 17 heavy (non-hydrogen) atoms. The van der Waals surface area contributed by atoms with Gasteiger partial charge in [-0.15, -0.1) is 0 Å². The number of hydrogen-bond acceptors (Lipinski definition) is 2. The Bertz CT molecular complexity index is 582. The molecule has 0 unspecified atom stereocenters. The summed E-state index contributed by atoms with van der Waals surface area (Å²) in [4.78, 5) is 15.3. The number of hydrogen-bond donors (Lipinski definition) is 0. The Morgan fingerprint density at radius 3 is 2.76 bits per heavy atom. The molecule has 0 saturated heterocycles. The maximum atomic E-state index is 11.0. The van der Waals surface area contributed by atoms with Crippen molar-refractivity contribution in [1.29, 1.82) is 0 Å². The SMILES string of the molecule is Cc1cnc(-c2cccc(Cl)c2Cl)c(C=O)c1. The summed E-state index contributed by atoms with van der Waals surface area (Å²) in [5.74, 6) is 0. The molecule has 0 spiro atoms. The van der Waals surface area contributed by atoms with Gasteiger partial charge in [0.2, 0.25) is 0 Å². The van der Waals surface area contributed by atoms with E-state index in [1.807, 2.05) is 6.92 Å². The highest BCUT2D eigenvalue weighted by molar-refractivity contribution is 6.43. The van der Waals surface area contributed by atoms with E-state index in [2.05, 4.69) is 4.98 Å². The van der Waals surface area contributed by atoms with E-state index < -0.39 is 0 Å². The van der Waals surface area contributed by atoms with E-state index in [-0.39, 0.29) is 0 Å². The van der Waals surface area contributed by atoms with Gasteiger partial charge in [0.15, 0.2) is 6.29 Å². The van der Waals surface area contributed by atoms with Gasteiger partial charge in [0.1, 0.15) is 0 Å². The molecule has 0 radical (unpaired) electrons. The Kier molecular flexibility index (Phi) is 3.46. The molecule has 0 aliphatic carbocycles. The molecule has 1 aromatic carbocycles. The lowest BCUT2D eigenvalue weighted by molar-refractivity contribution is 0.112. The number of aldehydes is 1. The summed E-state index contributed by atoms with van der Waals surface area (Å²) >= 11 is 12.1. The lowest BCUT2D eigenvalue weighted by Crippen LogP contribution is -1.93. The van der Waals surface area contributed by atoms with Gasteiger partial charge in [0.25, 0.3) is 0 Å². The number of aryl methyl sites for hydroxylation is 1. The molecule has 2 rings (SSSR count). The maximum absolute atomic E-state index is 11.0. The van der Waals surface area contributed by atoms with Gasteiger partial charge in [-0.3, -0.25) is 9.78 Å². The summed E-state index contributed by atoms with van der Waals surface area (Å²) in [5, 5.41) is 0.858. The minimum Gasteiger partial charge on any atom is -0.298 e. The van der Waals surface area contributed by atoms with Crippen LogP contribution in [0.5, 0.6) is 0 Å². The minimum atomic E-state index is 0.411. The van der Waals surface area contributed by atoms with Crippen molar-refractivity contribution in [3.8, 4) is 11.3 Å². The number of nitrogens with zero attached hydrogens (tertiary/aromatic N) is 1. The van der Waals surface area contributed by atoms with Gasteiger partial charge >= 0.3 is 0 Å². The normalized spacial score (nSPS) is 10.3. The van der Waals surface area contributed by atoms with E-state index in [0.717, 1.165) is 11.8 Å². The summed E-state index contributed by atoms with van der Waals surface area (Å²) in [6.45, 7) is 1.88. The molecule has 0 N–H and O–H groups in total. The lowest BCUT2D eigenvalue weighted by atomic mass is 10.1. The van der Waals surface area contributed by atoms with E-state index in [4.69, 9.17) is 23.2 Å². The van der Waals surface area contributed by atoms with Crippen LogP contribution in [-0.4, -0.2) is 11.3 Å². The second-order valence-electron chi connectivity index (χ2n) is 3.67. The highest BCUT2D eigenvalue weighted by atomic mass is 35.5. The Labute approximate surface area is 109 Å². The minimum absolute atomic E-state index is 0.411. The Morgan fingerprint density at radius 1 is 1.29 bits per heavy atom. The molecule has 0 fully saturated rings. The summed E-state index contributed by atoms with van der Waals surface area (Å²) in [6, 6.07) is 7.03. The van der Waals surface area contributed by atoms with Crippen molar-refractivity contribution >= 4 is 29.5 Å². The van der Waals surface area contributed by atoms with Crippen molar-refractivity contribution < 1.29 is 4.79 Å². The number of halogens is 2. The van der Waals surface area contributed by atoms with Crippen LogP contribution in [0, 0.1) is 6.92 Å². The first-order valence-corrected chi connectivity index (χ1v) is 5.75. The average molecular weight is 266 g/mol. The molecule has 0 aliphatic rings. The summed E-state index contributed by atoms with van der Waals surface area (Å²) in [6.07, 6.45) is 2.46. The van der Waals surface area contributed by atoms with E-state index >= 15 is 0 Å². The Morgan fingerprint density at radius 2 is 2.06 bits per heavy atom. The zero-order chi connectivity index (χ0) is 12.4. The quantitative estimate of drug-likeness (QED) is 0.763. The third kappa shape index (κ3) is 2.33. The third-order valence-electron chi connectivity index (χ3n) is 2.39. The van der Waals surface area contributed by atoms with E-state index in [0.29, 0.717) is 26.9 Å². The fraction of sp³-hybridized carbons (Fsp3) is 0.0769. The van der Waals surface area contributed by atoms with Gasteiger partial charge in [-0.05, 0) is 24.6 Å². The molecule has 0 atom stereocenters. The molecule has 1 heterocycles. The molecular weight excluding hydrogens is 257 g/mol. The van der Waals surface area contributed by atoms with Crippen molar-refractivity contribution in [2.75, 3.05) is 0 Å². The lowest BCUT2D eigenvalue weighted by Gasteiger charge is -2.08. The Hall–Kier alpha value is -1.38. The number of carbonyl (C=O) groups is 1. The van der Waals surface area contributed by atoms with E-state index in [9.17, 15) is 4.79 Å². The predicted octanol–water partition coefficient (Wildman–Crippen LogP) is 4.18. The molecule has 4 heteroatoms. The van der Waals surface area contributed by atoms with Gasteiger partial charge in [0.05, 0.1) is 15.7 Å². The summed E-state index contributed by atoms with van der Waals surface area (Å²) in [5.41, 5.74) is 2.66. The predicted molar refractivity (Wildman–Crippen MR) is 69.8 cm³/mol. The molecule has 0 aliphatic heterocycles. The molecule has 0 saturated carbocycles. The monoisotopic (exact) mass is 265 g/mol. The fourth-order valence-electron chi connectivity index (χ4n) is 1.59. The zero-order valence-electron chi connectivity index (χ0n) is 9.08. The topological polar surface area (TPSA) is 30.0 Å². The molecule has 0 amide bonds. The number of benzene rings is 1. The first kappa shape index (κ1) is 12.1. The zero-order valence-corrected chi connectivity index (χ0v) is 10.6. The van der Waals surface area contributed by atoms with Crippen molar-refractivity contribution in [1.82, 2.24) is 4.98 Å². The van der Waals surface area contributed by atoms with Gasteiger partial charge in [-0.2, -0.15) is 0 Å². The number of carbonyl (C=O) groups excluding carboxylic acids is 1. The van der Waals surface area contributed by atoms with Crippen molar-refractivity contribution in [3.63, 3.8) is 0 Å². The van der Waals surface area contributed by atoms with Gasteiger partial charge < -0.3 is 0 Å². The number of aromatic nitrogens is 1. The summed E-state index contributed by atoms with van der Waals surface area (Å²) < 4.78 is 0. The molecule has 1 aromatic heterocycles. The first-order valence-electron chi connectivity index (χ1n) is 4.99.